The number of ether oxygens (including phenoxy) is 2. The number of Topliss-reactive ketones (excluding diaryl/α,β-unsaturated/α-hetero) is 1. The topological polar surface area (TPSA) is 130 Å². The Balaban J connectivity index is 1.94. The highest BCUT2D eigenvalue weighted by Crippen LogP contribution is 2.35. The molecule has 150 valence electrons. The van der Waals surface area contributed by atoms with Crippen LogP contribution in [0.4, 0.5) is 0 Å². The summed E-state index contributed by atoms with van der Waals surface area (Å²) in [6, 6.07) is 2.20. The quantitative estimate of drug-likeness (QED) is 0.517. The fourth-order valence-corrected chi connectivity index (χ4v) is 3.02. The van der Waals surface area contributed by atoms with E-state index in [2.05, 4.69) is 0 Å². The second-order valence-corrected chi connectivity index (χ2v) is 6.65. The number of rotatable bonds is 4. The lowest BCUT2D eigenvalue weighted by molar-refractivity contribution is -0.145. The third-order valence-electron chi connectivity index (χ3n) is 4.54. The zero-order valence-corrected chi connectivity index (χ0v) is 15.6. The number of aliphatic hydroxyl groups excluding tert-OH is 1. The first-order chi connectivity index (χ1) is 13.7. The van der Waals surface area contributed by atoms with Crippen molar-refractivity contribution in [3.05, 3.63) is 70.7 Å². The van der Waals surface area contributed by atoms with Gasteiger partial charge in [0.15, 0.2) is 0 Å². The fourth-order valence-electron chi connectivity index (χ4n) is 3.02. The predicted molar refractivity (Wildman–Crippen MR) is 99.9 cm³/mol. The molecule has 1 aromatic rings. The van der Waals surface area contributed by atoms with E-state index in [1.807, 2.05) is 0 Å². The fraction of sp³-hybridized carbons (Fsp3) is 0.190. The molecule has 1 atom stereocenters. The average Bonchev–Trinajstić information content (AvgIpc) is 2.64. The SMILES string of the molecule is Cc1cc(O)cc(O)c1C(=O)O[C@]1(C)C(=O)C=C2C=C(/C=C/CO)OC=C2C1=O. The molecule has 1 heterocycles. The Morgan fingerprint density at radius 1 is 1.24 bits per heavy atom. The van der Waals surface area contributed by atoms with Crippen molar-refractivity contribution in [1.82, 2.24) is 0 Å². The number of aromatic hydroxyl groups is 2. The maximum Gasteiger partial charge on any atom is 0.343 e. The van der Waals surface area contributed by atoms with Gasteiger partial charge in [0.2, 0.25) is 17.2 Å². The van der Waals surface area contributed by atoms with Gasteiger partial charge in [-0.2, -0.15) is 0 Å². The van der Waals surface area contributed by atoms with Crippen LogP contribution in [0.3, 0.4) is 0 Å². The van der Waals surface area contributed by atoms with Gasteiger partial charge in [-0.1, -0.05) is 6.08 Å². The van der Waals surface area contributed by atoms with Crippen molar-refractivity contribution in [2.24, 2.45) is 0 Å². The van der Waals surface area contributed by atoms with Crippen LogP contribution in [-0.4, -0.2) is 45.1 Å². The van der Waals surface area contributed by atoms with Crippen LogP contribution in [0, 0.1) is 6.92 Å². The van der Waals surface area contributed by atoms with E-state index in [4.69, 9.17) is 14.6 Å². The monoisotopic (exact) mass is 398 g/mol. The summed E-state index contributed by atoms with van der Waals surface area (Å²) in [6.45, 7) is 2.43. The van der Waals surface area contributed by atoms with Crippen LogP contribution >= 0.6 is 0 Å². The maximum absolute atomic E-state index is 12.9. The van der Waals surface area contributed by atoms with Gasteiger partial charge in [0.05, 0.1) is 12.2 Å². The minimum atomic E-state index is -2.14. The number of aryl methyl sites for hydroxylation is 1. The first-order valence-corrected chi connectivity index (χ1v) is 8.60. The number of phenolic OH excluding ortho intramolecular Hbond substituents is 2. The number of phenols is 2. The van der Waals surface area contributed by atoms with Crippen LogP contribution in [0.1, 0.15) is 22.8 Å². The molecule has 1 aromatic carbocycles. The Labute approximate surface area is 165 Å². The molecule has 2 aliphatic rings. The molecule has 0 aromatic heterocycles. The van der Waals surface area contributed by atoms with E-state index >= 15 is 0 Å². The first-order valence-electron chi connectivity index (χ1n) is 8.60. The van der Waals surface area contributed by atoms with Crippen molar-refractivity contribution in [2.75, 3.05) is 6.61 Å². The first kappa shape index (κ1) is 20.1. The molecule has 0 bridgehead atoms. The summed E-state index contributed by atoms with van der Waals surface area (Å²) in [5, 5.41) is 28.3. The van der Waals surface area contributed by atoms with Crippen LogP contribution in [0.5, 0.6) is 11.5 Å². The van der Waals surface area contributed by atoms with E-state index < -0.39 is 28.9 Å². The van der Waals surface area contributed by atoms with Gasteiger partial charge in [0, 0.05) is 6.07 Å². The summed E-state index contributed by atoms with van der Waals surface area (Å²) >= 11 is 0. The number of aliphatic hydroxyl groups is 1. The van der Waals surface area contributed by atoms with E-state index in [1.54, 1.807) is 0 Å². The highest BCUT2D eigenvalue weighted by atomic mass is 16.6. The van der Waals surface area contributed by atoms with Crippen molar-refractivity contribution in [3.63, 3.8) is 0 Å². The van der Waals surface area contributed by atoms with Gasteiger partial charge < -0.3 is 24.8 Å². The summed E-state index contributed by atoms with van der Waals surface area (Å²) < 4.78 is 10.6. The second-order valence-electron chi connectivity index (χ2n) is 6.65. The Kier molecular flexibility index (Phi) is 5.13. The number of benzene rings is 1. The summed E-state index contributed by atoms with van der Waals surface area (Å²) in [5.41, 5.74) is -1.84. The molecule has 0 saturated heterocycles. The number of hydrogen-bond acceptors (Lipinski definition) is 8. The lowest BCUT2D eigenvalue weighted by Crippen LogP contribution is -2.50. The van der Waals surface area contributed by atoms with Crippen molar-refractivity contribution in [1.29, 1.82) is 0 Å². The van der Waals surface area contributed by atoms with Crippen molar-refractivity contribution in [2.45, 2.75) is 19.4 Å². The number of hydrogen-bond donors (Lipinski definition) is 3. The molecule has 0 unspecified atom stereocenters. The van der Waals surface area contributed by atoms with Gasteiger partial charge in [-0.15, -0.1) is 0 Å². The highest BCUT2D eigenvalue weighted by Gasteiger charge is 2.49. The smallest absolute Gasteiger partial charge is 0.343 e. The summed E-state index contributed by atoms with van der Waals surface area (Å²) in [4.78, 5) is 38.2. The third kappa shape index (κ3) is 3.57. The van der Waals surface area contributed by atoms with Crippen LogP contribution in [0.25, 0.3) is 0 Å². The molecule has 3 rings (SSSR count). The van der Waals surface area contributed by atoms with Crippen LogP contribution < -0.4 is 0 Å². The van der Waals surface area contributed by atoms with E-state index in [0.717, 1.165) is 12.3 Å². The van der Waals surface area contributed by atoms with Gasteiger partial charge in [-0.05, 0) is 49.3 Å². The Morgan fingerprint density at radius 3 is 2.62 bits per heavy atom. The zero-order valence-electron chi connectivity index (χ0n) is 15.6. The van der Waals surface area contributed by atoms with Gasteiger partial charge in [0.1, 0.15) is 29.1 Å². The predicted octanol–water partition coefficient (Wildman–Crippen LogP) is 1.75. The van der Waals surface area contributed by atoms with Crippen molar-refractivity contribution < 1.29 is 39.2 Å². The van der Waals surface area contributed by atoms with Gasteiger partial charge in [-0.3, -0.25) is 9.59 Å². The lowest BCUT2D eigenvalue weighted by Gasteiger charge is -2.31. The van der Waals surface area contributed by atoms with Crippen LogP contribution in [0.2, 0.25) is 0 Å². The Bertz CT molecular complexity index is 1020. The number of esters is 1. The molecule has 29 heavy (non-hydrogen) atoms. The molecule has 3 N–H and O–H groups in total. The average molecular weight is 398 g/mol. The molecule has 8 nitrogen and oxygen atoms in total. The molecular weight excluding hydrogens is 380 g/mol. The minimum absolute atomic E-state index is 0.0488. The molecule has 8 heteroatoms. The lowest BCUT2D eigenvalue weighted by atomic mass is 9.80. The maximum atomic E-state index is 12.9. The van der Waals surface area contributed by atoms with E-state index in [1.165, 1.54) is 44.2 Å². The number of ketones is 2. The van der Waals surface area contributed by atoms with Gasteiger partial charge >= 0.3 is 5.97 Å². The molecule has 1 aliphatic heterocycles. The largest absolute Gasteiger partial charge is 0.508 e. The molecular formula is C21H18O8. The molecule has 0 saturated carbocycles. The Hall–Kier alpha value is -3.65. The minimum Gasteiger partial charge on any atom is -0.508 e. The molecule has 0 radical (unpaired) electrons. The number of carbonyl (C=O) groups excluding carboxylic acids is 3. The number of fused-ring (bicyclic) bond motifs is 1. The summed E-state index contributed by atoms with van der Waals surface area (Å²) in [6.07, 6.45) is 6.67. The van der Waals surface area contributed by atoms with E-state index in [9.17, 15) is 24.6 Å². The Morgan fingerprint density at radius 2 is 1.97 bits per heavy atom. The van der Waals surface area contributed by atoms with Crippen LogP contribution in [-0.2, 0) is 19.1 Å². The molecule has 0 spiro atoms. The highest BCUT2D eigenvalue weighted by molar-refractivity contribution is 6.26. The second kappa shape index (κ2) is 7.40. The van der Waals surface area contributed by atoms with Gasteiger partial charge in [-0.25, -0.2) is 4.79 Å². The number of allylic oxidation sites excluding steroid dienone is 3. The number of carbonyl (C=O) groups is 3. The normalized spacial score (nSPS) is 21.1. The van der Waals surface area contributed by atoms with E-state index in [0.29, 0.717) is 11.3 Å². The van der Waals surface area contributed by atoms with E-state index in [-0.39, 0.29) is 29.1 Å². The summed E-state index contributed by atoms with van der Waals surface area (Å²) in [7, 11) is 0. The van der Waals surface area contributed by atoms with Crippen LogP contribution in [0.15, 0.2) is 59.6 Å². The zero-order chi connectivity index (χ0) is 21.3. The summed E-state index contributed by atoms with van der Waals surface area (Å²) in [5.74, 6) is -3.07. The standard InChI is InChI=1S/C21H18O8/c1-11-6-13(23)9-16(24)18(11)20(27)29-21(2)17(25)8-12-7-14(4-3-5-22)28-10-15(12)19(21)26/h3-4,6-10,22-24H,5H2,1-2H3/b4-3+/t21-/m1/s1. The third-order valence-corrected chi connectivity index (χ3v) is 4.54. The van der Waals surface area contributed by atoms with Gasteiger partial charge in [0.25, 0.3) is 0 Å². The molecule has 0 amide bonds. The van der Waals surface area contributed by atoms with Crippen molar-refractivity contribution >= 4 is 17.5 Å². The van der Waals surface area contributed by atoms with Crippen molar-refractivity contribution in [3.8, 4) is 11.5 Å². The molecule has 1 aliphatic carbocycles. The molecule has 0 fully saturated rings.